The third-order valence-electron chi connectivity index (χ3n) is 4.62. The Labute approximate surface area is 161 Å². The molecule has 0 fully saturated rings. The molecule has 7 heteroatoms. The fourth-order valence-electron chi connectivity index (χ4n) is 3.19. The summed E-state index contributed by atoms with van der Waals surface area (Å²) in [6.07, 6.45) is 5.27. The number of aromatic nitrogens is 4. The van der Waals surface area contributed by atoms with Gasteiger partial charge < -0.3 is 14.5 Å². The topological polar surface area (TPSA) is 59.7 Å². The molecule has 0 amide bonds. The Morgan fingerprint density at radius 1 is 1.14 bits per heavy atom. The van der Waals surface area contributed by atoms with Gasteiger partial charge in [-0.3, -0.25) is 0 Å². The van der Waals surface area contributed by atoms with Crippen molar-refractivity contribution in [1.82, 2.24) is 18.9 Å². The van der Waals surface area contributed by atoms with E-state index < -0.39 is 6.10 Å². The lowest BCUT2D eigenvalue weighted by atomic mass is 10.1. The molecule has 0 aliphatic heterocycles. The molecule has 140 valence electrons. The molecule has 0 spiro atoms. The molecule has 3 heterocycles. The van der Waals surface area contributed by atoms with Crippen molar-refractivity contribution < 1.29 is 9.50 Å². The van der Waals surface area contributed by atoms with E-state index in [0.29, 0.717) is 24.4 Å². The first kappa shape index (κ1) is 17.9. The summed E-state index contributed by atoms with van der Waals surface area (Å²) in [6, 6.07) is 9.98. The highest BCUT2D eigenvalue weighted by molar-refractivity contribution is 5.79. The van der Waals surface area contributed by atoms with Crippen LogP contribution in [0.4, 0.5) is 10.2 Å². The van der Waals surface area contributed by atoms with E-state index in [1.165, 1.54) is 18.3 Å². The number of aryl methyl sites for hydroxylation is 1. The van der Waals surface area contributed by atoms with E-state index in [2.05, 4.69) is 14.8 Å². The van der Waals surface area contributed by atoms with Crippen molar-refractivity contribution >= 4 is 11.5 Å². The molecule has 1 unspecified atom stereocenters. The number of halogens is 1. The minimum Gasteiger partial charge on any atom is -0.393 e. The van der Waals surface area contributed by atoms with Gasteiger partial charge in [0.25, 0.3) is 5.82 Å². The molecule has 0 bridgehead atoms. The zero-order valence-corrected chi connectivity index (χ0v) is 15.2. The number of imidazole rings is 2. The monoisotopic (exact) mass is 375 g/mol. The van der Waals surface area contributed by atoms with Gasteiger partial charge in [0.05, 0.1) is 36.2 Å². The number of benzene rings is 1. The van der Waals surface area contributed by atoms with Crippen LogP contribution < -0.4 is 0 Å². The molecule has 0 radical (unpaired) electrons. The van der Waals surface area contributed by atoms with Gasteiger partial charge in [-0.05, 0) is 43.7 Å². The zero-order valence-electron chi connectivity index (χ0n) is 15.2. The van der Waals surface area contributed by atoms with Crippen molar-refractivity contribution in [3.63, 3.8) is 0 Å². The molecule has 28 heavy (non-hydrogen) atoms. The Morgan fingerprint density at radius 2 is 1.89 bits per heavy atom. The number of hydrogen-bond acceptors (Lipinski definition) is 3. The third-order valence-corrected chi connectivity index (χ3v) is 4.62. The lowest BCUT2D eigenvalue weighted by Crippen LogP contribution is -2.07. The standard InChI is InChI=1S/C21H18FN5O/c1-14(28)9-10-26-13-25-20(15-3-6-17(22)7-4-15)21(26)16-5-8-18-24-11-19(23-2)27(18)12-16/h3-8,11-14,28H,9-10H2,1H3. The van der Waals surface area contributed by atoms with Gasteiger partial charge in [-0.2, -0.15) is 0 Å². The summed E-state index contributed by atoms with van der Waals surface area (Å²) in [5.41, 5.74) is 3.91. The van der Waals surface area contributed by atoms with Gasteiger partial charge in [-0.15, -0.1) is 0 Å². The van der Waals surface area contributed by atoms with Gasteiger partial charge in [0.2, 0.25) is 5.65 Å². The van der Waals surface area contributed by atoms with E-state index in [1.807, 2.05) is 22.9 Å². The maximum absolute atomic E-state index is 13.4. The Balaban J connectivity index is 1.88. The molecule has 1 N–H and O–H groups in total. The second-order valence-corrected chi connectivity index (χ2v) is 6.65. The first-order chi connectivity index (χ1) is 13.6. The smallest absolute Gasteiger partial charge is 0.254 e. The van der Waals surface area contributed by atoms with Crippen LogP contribution in [0.1, 0.15) is 13.3 Å². The first-order valence-corrected chi connectivity index (χ1v) is 8.91. The highest BCUT2D eigenvalue weighted by Crippen LogP contribution is 2.32. The van der Waals surface area contributed by atoms with Gasteiger partial charge in [-0.25, -0.2) is 18.8 Å². The lowest BCUT2D eigenvalue weighted by molar-refractivity contribution is 0.178. The van der Waals surface area contributed by atoms with E-state index in [-0.39, 0.29) is 5.82 Å². The van der Waals surface area contributed by atoms with E-state index in [4.69, 9.17) is 6.57 Å². The number of hydrogen-bond donors (Lipinski definition) is 1. The van der Waals surface area contributed by atoms with Crippen LogP contribution in [0.3, 0.4) is 0 Å². The number of aliphatic hydroxyl groups is 1. The van der Waals surface area contributed by atoms with Gasteiger partial charge in [0.15, 0.2) is 0 Å². The van der Waals surface area contributed by atoms with Crippen molar-refractivity contribution in [2.24, 2.45) is 0 Å². The molecule has 3 aromatic heterocycles. The number of rotatable bonds is 5. The van der Waals surface area contributed by atoms with E-state index >= 15 is 0 Å². The average Bonchev–Trinajstić information content (AvgIpc) is 3.30. The highest BCUT2D eigenvalue weighted by Gasteiger charge is 2.18. The summed E-state index contributed by atoms with van der Waals surface area (Å²) < 4.78 is 17.1. The predicted octanol–water partition coefficient (Wildman–Crippen LogP) is 4.33. The average molecular weight is 375 g/mol. The van der Waals surface area contributed by atoms with Crippen molar-refractivity contribution in [3.05, 3.63) is 72.4 Å². The van der Waals surface area contributed by atoms with Gasteiger partial charge in [0.1, 0.15) is 5.82 Å². The molecule has 0 saturated carbocycles. The highest BCUT2D eigenvalue weighted by atomic mass is 19.1. The van der Waals surface area contributed by atoms with Gasteiger partial charge in [-0.1, -0.05) is 6.57 Å². The number of aliphatic hydroxyl groups excluding tert-OH is 1. The summed E-state index contributed by atoms with van der Waals surface area (Å²) in [5.74, 6) is 0.121. The largest absolute Gasteiger partial charge is 0.393 e. The molecule has 1 atom stereocenters. The number of fused-ring (bicyclic) bond motifs is 1. The lowest BCUT2D eigenvalue weighted by Gasteiger charge is -2.11. The van der Waals surface area contributed by atoms with E-state index in [0.717, 1.165) is 22.5 Å². The first-order valence-electron chi connectivity index (χ1n) is 8.91. The SMILES string of the molecule is [C-]#[N+]c1cnc2ccc(-c3c(-c4ccc(F)cc4)ncn3CCC(C)O)cn12. The molecule has 4 rings (SSSR count). The third kappa shape index (κ3) is 3.26. The summed E-state index contributed by atoms with van der Waals surface area (Å²) in [6.45, 7) is 9.65. The van der Waals surface area contributed by atoms with Crippen LogP contribution in [0, 0.1) is 12.4 Å². The van der Waals surface area contributed by atoms with Crippen LogP contribution in [0.15, 0.2) is 55.1 Å². The predicted molar refractivity (Wildman–Crippen MR) is 104 cm³/mol. The van der Waals surface area contributed by atoms with E-state index in [1.54, 1.807) is 29.8 Å². The molecule has 0 saturated heterocycles. The van der Waals surface area contributed by atoms with Crippen LogP contribution in [-0.2, 0) is 6.54 Å². The van der Waals surface area contributed by atoms with Crippen LogP contribution in [0.5, 0.6) is 0 Å². The molecule has 6 nitrogen and oxygen atoms in total. The summed E-state index contributed by atoms with van der Waals surface area (Å²) >= 11 is 0. The Morgan fingerprint density at radius 3 is 2.61 bits per heavy atom. The molecule has 0 aliphatic carbocycles. The molecular weight excluding hydrogens is 357 g/mol. The Bertz CT molecular complexity index is 1170. The maximum Gasteiger partial charge on any atom is 0.254 e. The molecule has 4 aromatic rings. The second-order valence-electron chi connectivity index (χ2n) is 6.65. The second kappa shape index (κ2) is 7.25. The fraction of sp³-hybridized carbons (Fsp3) is 0.190. The normalized spacial score (nSPS) is 12.2. The van der Waals surface area contributed by atoms with Crippen molar-refractivity contribution in [2.45, 2.75) is 26.0 Å². The van der Waals surface area contributed by atoms with Crippen LogP contribution in [0.25, 0.3) is 33.0 Å². The quantitative estimate of drug-likeness (QED) is 0.528. The van der Waals surface area contributed by atoms with Crippen LogP contribution in [-0.4, -0.2) is 30.1 Å². The van der Waals surface area contributed by atoms with Crippen LogP contribution >= 0.6 is 0 Å². The van der Waals surface area contributed by atoms with Crippen molar-refractivity contribution in [1.29, 1.82) is 0 Å². The molecular formula is C21H18FN5O. The van der Waals surface area contributed by atoms with Crippen molar-refractivity contribution in [2.75, 3.05) is 0 Å². The maximum atomic E-state index is 13.4. The van der Waals surface area contributed by atoms with Crippen molar-refractivity contribution in [3.8, 4) is 22.5 Å². The summed E-state index contributed by atoms with van der Waals surface area (Å²) in [5, 5.41) is 9.69. The van der Waals surface area contributed by atoms with Gasteiger partial charge >= 0.3 is 0 Å². The Hall–Kier alpha value is -3.50. The van der Waals surface area contributed by atoms with Gasteiger partial charge in [0, 0.05) is 23.7 Å². The minimum absolute atomic E-state index is 0.305. The number of pyridine rings is 1. The van der Waals surface area contributed by atoms with Crippen LogP contribution in [0.2, 0.25) is 0 Å². The van der Waals surface area contributed by atoms with E-state index in [9.17, 15) is 9.50 Å². The minimum atomic E-state index is -0.436. The summed E-state index contributed by atoms with van der Waals surface area (Å²) in [7, 11) is 0. The molecule has 0 aliphatic rings. The zero-order chi connectivity index (χ0) is 19.7. The molecule has 1 aromatic carbocycles. The Kier molecular flexibility index (Phi) is 4.63. The summed E-state index contributed by atoms with van der Waals surface area (Å²) in [4.78, 5) is 12.3. The number of nitrogens with zero attached hydrogens (tertiary/aromatic N) is 5. The fourth-order valence-corrected chi connectivity index (χ4v) is 3.19.